The molecule has 0 spiro atoms. The van der Waals surface area contributed by atoms with E-state index in [2.05, 4.69) is 24.0 Å². The van der Waals surface area contributed by atoms with Crippen LogP contribution in [0.2, 0.25) is 0 Å². The van der Waals surface area contributed by atoms with Crippen LogP contribution in [-0.2, 0) is 20.7 Å². The van der Waals surface area contributed by atoms with Crippen molar-refractivity contribution in [1.82, 2.24) is 4.90 Å². The second-order valence-electron chi connectivity index (χ2n) is 9.78. The molecular weight excluding hydrogens is 492 g/mol. The maximum absolute atomic E-state index is 10.7. The maximum Gasteiger partial charge on any atom is 0.300 e. The highest BCUT2D eigenvalue weighted by molar-refractivity contribution is 5.62. The van der Waals surface area contributed by atoms with Crippen LogP contribution >= 0.6 is 0 Å². The summed E-state index contributed by atoms with van der Waals surface area (Å²) in [5.74, 6) is -1.83. The summed E-state index contributed by atoms with van der Waals surface area (Å²) >= 11 is 0. The molecule has 0 aromatic heterocycles. The van der Waals surface area contributed by atoms with Crippen molar-refractivity contribution in [2.45, 2.75) is 96.4 Å². The number of rotatable bonds is 17. The van der Waals surface area contributed by atoms with E-state index >= 15 is 0 Å². The number of aryl methyl sites for hydroxylation is 1. The van der Waals surface area contributed by atoms with Gasteiger partial charge in [-0.05, 0) is 63.4 Å². The van der Waals surface area contributed by atoms with E-state index in [-0.39, 0.29) is 19.6 Å². The minimum atomic E-state index is -1.81. The number of carboxylic acids is 1. The van der Waals surface area contributed by atoms with Crippen LogP contribution in [-0.4, -0.2) is 95.0 Å². The lowest BCUT2D eigenvalue weighted by Gasteiger charge is -2.41. The highest BCUT2D eigenvalue weighted by Gasteiger charge is 2.45. The maximum atomic E-state index is 10.7. The van der Waals surface area contributed by atoms with Gasteiger partial charge < -0.3 is 40.4 Å². The van der Waals surface area contributed by atoms with Crippen molar-refractivity contribution in [1.29, 1.82) is 0 Å². The molecule has 1 aliphatic heterocycles. The summed E-state index contributed by atoms with van der Waals surface area (Å²) in [7, 11) is 0. The molecule has 0 unspecified atom stereocenters. The Hall–Kier alpha value is -1.79. The number of hydrogen-bond acceptors (Lipinski definition) is 9. The summed E-state index contributed by atoms with van der Waals surface area (Å²) < 4.78 is 16.6. The summed E-state index contributed by atoms with van der Waals surface area (Å²) in [5, 5.41) is 39.5. The zero-order valence-electron chi connectivity index (χ0n) is 23.4. The van der Waals surface area contributed by atoms with Crippen molar-refractivity contribution in [2.75, 3.05) is 39.4 Å². The Kier molecular flexibility index (Phi) is 17.4. The van der Waals surface area contributed by atoms with Gasteiger partial charge in [0, 0.05) is 26.4 Å². The molecule has 1 aromatic carbocycles. The molecule has 6 N–H and O–H groups in total. The van der Waals surface area contributed by atoms with Gasteiger partial charge in [0.15, 0.2) is 12.1 Å². The molecule has 10 nitrogen and oxygen atoms in total. The van der Waals surface area contributed by atoms with Crippen molar-refractivity contribution in [3.05, 3.63) is 29.8 Å². The zero-order chi connectivity index (χ0) is 28.4. The Morgan fingerprint density at radius 1 is 1.16 bits per heavy atom. The third kappa shape index (κ3) is 14.4. The zero-order valence-corrected chi connectivity index (χ0v) is 23.4. The first-order valence-electron chi connectivity index (χ1n) is 13.8. The lowest BCUT2D eigenvalue weighted by molar-refractivity contribution is -0.363. The standard InChI is InChI=1S/C26H46N2O6.C2H4O2/c1-3-4-5-8-16-28(20-24(29)25(30)26(31)14-18-32-21(2)34-26)17-19-33-23-12-10-22(11-13-23)9-6-7-15-27;1-2(3)4/h10-13,21,24-25,29-31H,3-9,14-20,27H2,1-2H3;1H3,(H,3,4)/t21-,24-,25+,26+;/m0./s1. The van der Waals surface area contributed by atoms with E-state index in [0.29, 0.717) is 13.2 Å². The number of carbonyl (C=O) groups is 1. The average molecular weight is 543 g/mol. The predicted octanol–water partition coefficient (Wildman–Crippen LogP) is 2.51. The van der Waals surface area contributed by atoms with E-state index in [1.165, 1.54) is 12.0 Å². The Bertz CT molecular complexity index is 747. The van der Waals surface area contributed by atoms with Gasteiger partial charge in [-0.1, -0.05) is 38.3 Å². The second-order valence-corrected chi connectivity index (χ2v) is 9.78. The Morgan fingerprint density at radius 2 is 1.84 bits per heavy atom. The van der Waals surface area contributed by atoms with E-state index in [0.717, 1.165) is 64.3 Å². The highest BCUT2D eigenvalue weighted by Crippen LogP contribution is 2.27. The van der Waals surface area contributed by atoms with Crippen molar-refractivity contribution in [3.63, 3.8) is 0 Å². The van der Waals surface area contributed by atoms with E-state index in [1.807, 2.05) is 12.1 Å². The van der Waals surface area contributed by atoms with Crippen molar-refractivity contribution >= 4 is 5.97 Å². The summed E-state index contributed by atoms with van der Waals surface area (Å²) in [6, 6.07) is 8.15. The SMILES string of the molecule is CC(=O)O.CCCCCCN(CCOc1ccc(CCCCN)cc1)C[C@H](O)[C@@H](O)[C@@]1(O)CCO[C@H](C)O1. The molecule has 1 heterocycles. The summed E-state index contributed by atoms with van der Waals surface area (Å²) in [4.78, 5) is 11.1. The van der Waals surface area contributed by atoms with Crippen LogP contribution in [0.3, 0.4) is 0 Å². The first kappa shape index (κ1) is 34.2. The topological polar surface area (TPSA) is 155 Å². The number of aliphatic hydroxyl groups excluding tert-OH is 2. The molecule has 220 valence electrons. The van der Waals surface area contributed by atoms with Gasteiger partial charge in [0.05, 0.1) is 12.7 Å². The molecule has 1 aliphatic rings. The van der Waals surface area contributed by atoms with Crippen molar-refractivity contribution in [3.8, 4) is 5.75 Å². The summed E-state index contributed by atoms with van der Waals surface area (Å²) in [6.45, 7) is 7.98. The number of benzene rings is 1. The number of nitrogens with two attached hydrogens (primary N) is 1. The number of aliphatic carboxylic acids is 1. The van der Waals surface area contributed by atoms with Gasteiger partial charge in [-0.25, -0.2) is 0 Å². The summed E-state index contributed by atoms with van der Waals surface area (Å²) in [5.41, 5.74) is 6.84. The first-order chi connectivity index (χ1) is 18.1. The Morgan fingerprint density at radius 3 is 2.45 bits per heavy atom. The van der Waals surface area contributed by atoms with Crippen LogP contribution in [0, 0.1) is 0 Å². The molecule has 0 saturated carbocycles. The van der Waals surface area contributed by atoms with Crippen molar-refractivity contribution < 1.29 is 39.4 Å². The van der Waals surface area contributed by atoms with Gasteiger partial charge in [0.2, 0.25) is 0 Å². The molecule has 0 amide bonds. The fourth-order valence-corrected chi connectivity index (χ4v) is 4.21. The average Bonchev–Trinajstić information content (AvgIpc) is 2.86. The van der Waals surface area contributed by atoms with Gasteiger partial charge in [-0.2, -0.15) is 0 Å². The van der Waals surface area contributed by atoms with Crippen LogP contribution in [0.15, 0.2) is 24.3 Å². The second kappa shape index (κ2) is 19.3. The van der Waals surface area contributed by atoms with Gasteiger partial charge in [-0.3, -0.25) is 9.69 Å². The monoisotopic (exact) mass is 542 g/mol. The molecule has 1 saturated heterocycles. The molecule has 10 heteroatoms. The lowest BCUT2D eigenvalue weighted by Crippen LogP contribution is -2.57. The third-order valence-electron chi connectivity index (χ3n) is 6.30. The number of unbranched alkanes of at least 4 members (excludes halogenated alkanes) is 4. The van der Waals surface area contributed by atoms with E-state index in [4.69, 9.17) is 29.8 Å². The molecular formula is C28H50N2O8. The molecule has 38 heavy (non-hydrogen) atoms. The van der Waals surface area contributed by atoms with Crippen molar-refractivity contribution in [2.24, 2.45) is 5.73 Å². The smallest absolute Gasteiger partial charge is 0.300 e. The third-order valence-corrected chi connectivity index (χ3v) is 6.30. The molecule has 0 bridgehead atoms. The lowest BCUT2D eigenvalue weighted by atomic mass is 10.00. The number of ether oxygens (including phenoxy) is 3. The first-order valence-corrected chi connectivity index (χ1v) is 13.8. The van der Waals surface area contributed by atoms with E-state index in [1.54, 1.807) is 6.92 Å². The Labute approximate surface area is 227 Å². The number of nitrogens with zero attached hydrogens (tertiary/aromatic N) is 1. The minimum absolute atomic E-state index is 0.109. The minimum Gasteiger partial charge on any atom is -0.492 e. The van der Waals surface area contributed by atoms with Crippen LogP contribution < -0.4 is 10.5 Å². The number of hydrogen-bond donors (Lipinski definition) is 5. The quantitative estimate of drug-likeness (QED) is 0.185. The molecule has 1 fully saturated rings. The van der Waals surface area contributed by atoms with Gasteiger partial charge in [0.1, 0.15) is 18.5 Å². The van der Waals surface area contributed by atoms with Crippen LogP contribution in [0.1, 0.15) is 71.3 Å². The molecule has 2 rings (SSSR count). The van der Waals surface area contributed by atoms with Gasteiger partial charge >= 0.3 is 0 Å². The molecule has 0 aliphatic carbocycles. The highest BCUT2D eigenvalue weighted by atomic mass is 16.8. The molecule has 0 radical (unpaired) electrons. The van der Waals surface area contributed by atoms with Crippen LogP contribution in [0.25, 0.3) is 0 Å². The molecule has 1 aromatic rings. The fourth-order valence-electron chi connectivity index (χ4n) is 4.21. The van der Waals surface area contributed by atoms with E-state index < -0.39 is 30.3 Å². The van der Waals surface area contributed by atoms with Crippen LogP contribution in [0.5, 0.6) is 5.75 Å². The van der Waals surface area contributed by atoms with Gasteiger partial charge in [-0.15, -0.1) is 0 Å². The fraction of sp³-hybridized carbons (Fsp3) is 0.750. The van der Waals surface area contributed by atoms with E-state index in [9.17, 15) is 15.3 Å². The molecule has 4 atom stereocenters. The normalized spacial score (nSPS) is 20.9. The Balaban J connectivity index is 0.00000168. The predicted molar refractivity (Wildman–Crippen MR) is 146 cm³/mol. The largest absolute Gasteiger partial charge is 0.492 e. The number of aliphatic hydroxyl groups is 3. The summed E-state index contributed by atoms with van der Waals surface area (Å²) in [6.07, 6.45) is 4.45. The van der Waals surface area contributed by atoms with Crippen LogP contribution in [0.4, 0.5) is 0 Å². The number of carboxylic acid groups (broad SMARTS) is 1. The van der Waals surface area contributed by atoms with Gasteiger partial charge in [0.25, 0.3) is 5.97 Å².